The summed E-state index contributed by atoms with van der Waals surface area (Å²) in [5.41, 5.74) is 2.85. The predicted molar refractivity (Wildman–Crippen MR) is 76.8 cm³/mol. The zero-order valence-corrected chi connectivity index (χ0v) is 11.9. The molecule has 1 heterocycles. The van der Waals surface area contributed by atoms with E-state index in [9.17, 15) is 0 Å². The quantitative estimate of drug-likeness (QED) is 0.778. The van der Waals surface area contributed by atoms with Gasteiger partial charge in [0.05, 0.1) is 0 Å². The molecule has 2 heteroatoms. The summed E-state index contributed by atoms with van der Waals surface area (Å²) in [5, 5.41) is 3.54. The number of fused-ring (bicyclic) bond motifs is 1. The van der Waals surface area contributed by atoms with Crippen LogP contribution in [0.3, 0.4) is 0 Å². The number of hydrogen-bond acceptors (Lipinski definition) is 2. The Morgan fingerprint density at radius 2 is 2.22 bits per heavy atom. The monoisotopic (exact) mass is 246 g/mol. The van der Waals surface area contributed by atoms with Gasteiger partial charge in [0.15, 0.2) is 0 Å². The minimum Gasteiger partial charge on any atom is -0.316 e. The molecule has 1 aliphatic carbocycles. The zero-order valence-electron chi connectivity index (χ0n) is 11.9. The fourth-order valence-electron chi connectivity index (χ4n) is 2.92. The van der Waals surface area contributed by atoms with Crippen LogP contribution in [0.5, 0.6) is 0 Å². The molecule has 1 N–H and O–H groups in total. The third-order valence-corrected chi connectivity index (χ3v) is 4.02. The minimum atomic E-state index is 0.682. The average molecular weight is 246 g/mol. The Balaban J connectivity index is 1.82. The maximum atomic E-state index is 4.60. The SMILES string of the molecule is CC(C)CNCCC(C)C1CCc2cccnc21. The highest BCUT2D eigenvalue weighted by molar-refractivity contribution is 5.28. The lowest BCUT2D eigenvalue weighted by Crippen LogP contribution is -2.23. The minimum absolute atomic E-state index is 0.682. The van der Waals surface area contributed by atoms with Crippen LogP contribution < -0.4 is 5.32 Å². The van der Waals surface area contributed by atoms with Crippen molar-refractivity contribution in [1.29, 1.82) is 0 Å². The normalized spacial score (nSPS) is 20.1. The highest BCUT2D eigenvalue weighted by atomic mass is 14.8. The van der Waals surface area contributed by atoms with E-state index in [1.807, 2.05) is 6.20 Å². The Bertz CT molecular complexity index is 373. The molecule has 0 aromatic carbocycles. The largest absolute Gasteiger partial charge is 0.316 e. The Labute approximate surface area is 111 Å². The summed E-state index contributed by atoms with van der Waals surface area (Å²) in [4.78, 5) is 4.60. The molecule has 0 radical (unpaired) electrons. The van der Waals surface area contributed by atoms with Crippen LogP contribution in [0.1, 0.15) is 50.8 Å². The molecule has 2 unspecified atom stereocenters. The van der Waals surface area contributed by atoms with E-state index in [2.05, 4.69) is 43.2 Å². The molecule has 0 bridgehead atoms. The molecule has 0 saturated heterocycles. The van der Waals surface area contributed by atoms with Gasteiger partial charge in [-0.25, -0.2) is 0 Å². The van der Waals surface area contributed by atoms with Gasteiger partial charge in [-0.2, -0.15) is 0 Å². The van der Waals surface area contributed by atoms with E-state index in [1.165, 1.54) is 30.5 Å². The second kappa shape index (κ2) is 6.33. The molecule has 0 saturated carbocycles. The lowest BCUT2D eigenvalue weighted by atomic mass is 9.89. The predicted octanol–water partition coefficient (Wildman–Crippen LogP) is 3.38. The van der Waals surface area contributed by atoms with Crippen LogP contribution in [0.4, 0.5) is 0 Å². The molecule has 0 aliphatic heterocycles. The van der Waals surface area contributed by atoms with Crippen molar-refractivity contribution in [2.24, 2.45) is 11.8 Å². The van der Waals surface area contributed by atoms with Crippen molar-refractivity contribution < 1.29 is 0 Å². The summed E-state index contributed by atoms with van der Waals surface area (Å²) < 4.78 is 0. The molecule has 0 amide bonds. The van der Waals surface area contributed by atoms with E-state index in [-0.39, 0.29) is 0 Å². The van der Waals surface area contributed by atoms with Crippen molar-refractivity contribution in [3.05, 3.63) is 29.6 Å². The van der Waals surface area contributed by atoms with Gasteiger partial charge in [0.1, 0.15) is 0 Å². The van der Waals surface area contributed by atoms with E-state index >= 15 is 0 Å². The second-order valence-electron chi connectivity index (χ2n) is 6.06. The summed E-state index contributed by atoms with van der Waals surface area (Å²) >= 11 is 0. The van der Waals surface area contributed by atoms with Gasteiger partial charge in [0, 0.05) is 17.8 Å². The Morgan fingerprint density at radius 1 is 1.39 bits per heavy atom. The molecular formula is C16H26N2. The third kappa shape index (κ3) is 3.32. The van der Waals surface area contributed by atoms with Gasteiger partial charge < -0.3 is 5.32 Å². The standard InChI is InChI=1S/C16H26N2/c1-12(2)11-17-10-8-13(3)15-7-6-14-5-4-9-18-16(14)15/h4-5,9,12-13,15,17H,6-8,10-11H2,1-3H3. The van der Waals surface area contributed by atoms with Gasteiger partial charge in [0.2, 0.25) is 0 Å². The maximum absolute atomic E-state index is 4.60. The van der Waals surface area contributed by atoms with Crippen LogP contribution in [0.25, 0.3) is 0 Å². The summed E-state index contributed by atoms with van der Waals surface area (Å²) in [6.45, 7) is 9.16. The highest BCUT2D eigenvalue weighted by Crippen LogP contribution is 2.37. The number of rotatable bonds is 6. The van der Waals surface area contributed by atoms with Crippen LogP contribution in [-0.2, 0) is 6.42 Å². The molecule has 1 aromatic rings. The molecule has 1 aliphatic rings. The van der Waals surface area contributed by atoms with Crippen LogP contribution in [-0.4, -0.2) is 18.1 Å². The van der Waals surface area contributed by atoms with Crippen molar-refractivity contribution in [2.45, 2.75) is 46.0 Å². The van der Waals surface area contributed by atoms with Gasteiger partial charge >= 0.3 is 0 Å². The summed E-state index contributed by atoms with van der Waals surface area (Å²) in [6.07, 6.45) is 5.71. The molecular weight excluding hydrogens is 220 g/mol. The molecule has 2 rings (SSSR count). The Kier molecular flexibility index (Phi) is 4.76. The van der Waals surface area contributed by atoms with Crippen LogP contribution in [0.15, 0.2) is 18.3 Å². The number of nitrogens with zero attached hydrogens (tertiary/aromatic N) is 1. The third-order valence-electron chi connectivity index (χ3n) is 4.02. The van der Waals surface area contributed by atoms with Gasteiger partial charge in [0.25, 0.3) is 0 Å². The van der Waals surface area contributed by atoms with Crippen molar-refractivity contribution in [2.75, 3.05) is 13.1 Å². The molecule has 0 fully saturated rings. The second-order valence-corrected chi connectivity index (χ2v) is 6.06. The van der Waals surface area contributed by atoms with Crippen molar-refractivity contribution in [1.82, 2.24) is 10.3 Å². The zero-order chi connectivity index (χ0) is 13.0. The van der Waals surface area contributed by atoms with Crippen LogP contribution >= 0.6 is 0 Å². The molecule has 1 aromatic heterocycles. The van der Waals surface area contributed by atoms with E-state index < -0.39 is 0 Å². The highest BCUT2D eigenvalue weighted by Gasteiger charge is 2.27. The molecule has 0 spiro atoms. The first-order chi connectivity index (χ1) is 8.68. The first-order valence-corrected chi connectivity index (χ1v) is 7.33. The number of nitrogens with one attached hydrogen (secondary N) is 1. The first kappa shape index (κ1) is 13.5. The van der Waals surface area contributed by atoms with Crippen LogP contribution in [0, 0.1) is 11.8 Å². The summed E-state index contributed by atoms with van der Waals surface area (Å²) in [5.74, 6) is 2.16. The molecule has 100 valence electrons. The number of aryl methyl sites for hydroxylation is 1. The molecule has 18 heavy (non-hydrogen) atoms. The van der Waals surface area contributed by atoms with Gasteiger partial charge in [-0.1, -0.05) is 26.8 Å². The van der Waals surface area contributed by atoms with E-state index in [0.29, 0.717) is 5.92 Å². The molecule has 2 nitrogen and oxygen atoms in total. The van der Waals surface area contributed by atoms with Crippen LogP contribution in [0.2, 0.25) is 0 Å². The van der Waals surface area contributed by atoms with Crippen molar-refractivity contribution in [3.63, 3.8) is 0 Å². The van der Waals surface area contributed by atoms with Gasteiger partial charge in [-0.05, 0) is 55.8 Å². The fourth-order valence-corrected chi connectivity index (χ4v) is 2.92. The summed E-state index contributed by atoms with van der Waals surface area (Å²) in [6, 6.07) is 4.31. The average Bonchev–Trinajstić information content (AvgIpc) is 2.78. The lowest BCUT2D eigenvalue weighted by molar-refractivity contribution is 0.402. The first-order valence-electron chi connectivity index (χ1n) is 7.33. The molecule has 2 atom stereocenters. The van der Waals surface area contributed by atoms with Crippen molar-refractivity contribution in [3.8, 4) is 0 Å². The van der Waals surface area contributed by atoms with E-state index in [4.69, 9.17) is 0 Å². The number of aromatic nitrogens is 1. The van der Waals surface area contributed by atoms with Gasteiger partial charge in [-0.15, -0.1) is 0 Å². The topological polar surface area (TPSA) is 24.9 Å². The summed E-state index contributed by atoms with van der Waals surface area (Å²) in [7, 11) is 0. The lowest BCUT2D eigenvalue weighted by Gasteiger charge is -2.20. The fraction of sp³-hybridized carbons (Fsp3) is 0.688. The number of hydrogen-bond donors (Lipinski definition) is 1. The van der Waals surface area contributed by atoms with E-state index in [1.54, 1.807) is 0 Å². The Morgan fingerprint density at radius 3 is 3.00 bits per heavy atom. The maximum Gasteiger partial charge on any atom is 0.0469 e. The van der Waals surface area contributed by atoms with E-state index in [0.717, 1.165) is 24.9 Å². The number of pyridine rings is 1. The Hall–Kier alpha value is -0.890. The smallest absolute Gasteiger partial charge is 0.0469 e. The van der Waals surface area contributed by atoms with Crippen molar-refractivity contribution >= 4 is 0 Å². The van der Waals surface area contributed by atoms with Gasteiger partial charge in [-0.3, -0.25) is 4.98 Å².